The van der Waals surface area contributed by atoms with E-state index in [0.29, 0.717) is 0 Å². The smallest absolute Gasteiger partial charge is 0.338 e. The molecule has 7 heteroatoms. The first kappa shape index (κ1) is 14.9. The summed E-state index contributed by atoms with van der Waals surface area (Å²) in [5, 5.41) is 38.1. The zero-order valence-electron chi connectivity index (χ0n) is 10.5. The van der Waals surface area contributed by atoms with Crippen LogP contribution >= 0.6 is 0 Å². The Morgan fingerprint density at radius 3 is 2.40 bits per heavy atom. The molecular formula is C13H16O7. The number of carbonyl (C=O) groups excluding carboxylic acids is 1. The topological polar surface area (TPSA) is 116 Å². The van der Waals surface area contributed by atoms with Crippen LogP contribution in [0, 0.1) is 0 Å². The fourth-order valence-electron chi connectivity index (χ4n) is 1.96. The summed E-state index contributed by atoms with van der Waals surface area (Å²) < 4.78 is 9.85. The molecule has 2 rings (SSSR count). The molecule has 0 amide bonds. The number of esters is 1. The van der Waals surface area contributed by atoms with Crippen molar-refractivity contribution in [1.29, 1.82) is 0 Å². The lowest BCUT2D eigenvalue weighted by Crippen LogP contribution is -2.59. The third kappa shape index (κ3) is 2.97. The average Bonchev–Trinajstić information content (AvgIpc) is 2.48. The summed E-state index contributed by atoms with van der Waals surface area (Å²) in [4.78, 5) is 11.8. The van der Waals surface area contributed by atoms with Crippen LogP contribution in [0.2, 0.25) is 0 Å². The number of aliphatic hydroxyl groups is 4. The fourth-order valence-corrected chi connectivity index (χ4v) is 1.96. The van der Waals surface area contributed by atoms with Gasteiger partial charge in [0.25, 0.3) is 0 Å². The average molecular weight is 284 g/mol. The van der Waals surface area contributed by atoms with Gasteiger partial charge in [-0.05, 0) is 12.1 Å². The van der Waals surface area contributed by atoms with Crippen molar-refractivity contribution in [1.82, 2.24) is 0 Å². The van der Waals surface area contributed by atoms with Crippen molar-refractivity contribution in [3.05, 3.63) is 35.9 Å². The molecule has 1 aliphatic rings. The molecule has 1 unspecified atom stereocenters. The van der Waals surface area contributed by atoms with Crippen LogP contribution in [0.4, 0.5) is 0 Å². The van der Waals surface area contributed by atoms with Gasteiger partial charge in [-0.2, -0.15) is 0 Å². The summed E-state index contributed by atoms with van der Waals surface area (Å²) in [6, 6.07) is 8.02. The lowest BCUT2D eigenvalue weighted by Gasteiger charge is -2.39. The van der Waals surface area contributed by atoms with Crippen LogP contribution in [0.1, 0.15) is 10.4 Å². The molecule has 0 bridgehead atoms. The molecule has 1 saturated heterocycles. The Bertz CT molecular complexity index is 449. The van der Waals surface area contributed by atoms with E-state index in [1.807, 2.05) is 0 Å². The summed E-state index contributed by atoms with van der Waals surface area (Å²) in [6.45, 7) is -0.575. The van der Waals surface area contributed by atoms with Crippen molar-refractivity contribution in [2.75, 3.05) is 6.61 Å². The standard InChI is InChI=1S/C13H16O7/c14-6-8-9(15)10(16)11(13(18)19-8)20-12(17)7-4-2-1-3-5-7/h1-5,8-11,13-16,18H,6H2/t8-,9-,10+,11+,13?/m1/s1. The van der Waals surface area contributed by atoms with Crippen molar-refractivity contribution < 1.29 is 34.7 Å². The summed E-state index contributed by atoms with van der Waals surface area (Å²) in [7, 11) is 0. The van der Waals surface area contributed by atoms with Crippen LogP contribution in [0.15, 0.2) is 30.3 Å². The predicted octanol–water partition coefficient (Wildman–Crippen LogP) is -1.36. The van der Waals surface area contributed by atoms with Crippen LogP contribution in [0.25, 0.3) is 0 Å². The molecule has 0 aromatic heterocycles. The van der Waals surface area contributed by atoms with Gasteiger partial charge < -0.3 is 29.9 Å². The first-order valence-corrected chi connectivity index (χ1v) is 6.11. The van der Waals surface area contributed by atoms with E-state index in [9.17, 15) is 20.1 Å². The molecule has 1 aromatic carbocycles. The minimum absolute atomic E-state index is 0.241. The maximum Gasteiger partial charge on any atom is 0.338 e. The van der Waals surface area contributed by atoms with Gasteiger partial charge in [-0.1, -0.05) is 18.2 Å². The van der Waals surface area contributed by atoms with Gasteiger partial charge in [0.1, 0.15) is 18.3 Å². The van der Waals surface area contributed by atoms with Crippen LogP contribution in [0.3, 0.4) is 0 Å². The molecule has 0 spiro atoms. The molecule has 7 nitrogen and oxygen atoms in total. The third-order valence-corrected chi connectivity index (χ3v) is 3.10. The highest BCUT2D eigenvalue weighted by atomic mass is 16.7. The normalized spacial score (nSPS) is 33.7. The van der Waals surface area contributed by atoms with Gasteiger partial charge in [-0.3, -0.25) is 0 Å². The zero-order valence-corrected chi connectivity index (χ0v) is 10.5. The Hall–Kier alpha value is -1.51. The SMILES string of the molecule is O=C(O[C@@H]1C(O)O[C@H](CO)[C@@H](O)[C@@H]1O)c1ccccc1. The number of hydrogen-bond donors (Lipinski definition) is 4. The lowest BCUT2D eigenvalue weighted by atomic mass is 9.99. The van der Waals surface area contributed by atoms with E-state index in [-0.39, 0.29) is 5.56 Å². The molecule has 0 saturated carbocycles. The second-order valence-electron chi connectivity index (χ2n) is 4.46. The van der Waals surface area contributed by atoms with Gasteiger partial charge in [-0.25, -0.2) is 4.79 Å². The summed E-state index contributed by atoms with van der Waals surface area (Å²) in [5.41, 5.74) is 0.241. The van der Waals surface area contributed by atoms with Crippen LogP contribution < -0.4 is 0 Å². The molecule has 1 heterocycles. The summed E-state index contributed by atoms with van der Waals surface area (Å²) in [5.74, 6) is -0.757. The number of hydrogen-bond acceptors (Lipinski definition) is 7. The second kappa shape index (κ2) is 6.29. The maximum absolute atomic E-state index is 11.8. The van der Waals surface area contributed by atoms with Crippen LogP contribution in [-0.2, 0) is 9.47 Å². The second-order valence-corrected chi connectivity index (χ2v) is 4.46. The number of aliphatic hydroxyl groups excluding tert-OH is 4. The van der Waals surface area contributed by atoms with Gasteiger partial charge in [-0.15, -0.1) is 0 Å². The zero-order chi connectivity index (χ0) is 14.7. The highest BCUT2D eigenvalue weighted by Crippen LogP contribution is 2.23. The van der Waals surface area contributed by atoms with E-state index in [0.717, 1.165) is 0 Å². The fraction of sp³-hybridized carbons (Fsp3) is 0.462. The molecule has 1 aromatic rings. The minimum Gasteiger partial charge on any atom is -0.450 e. The van der Waals surface area contributed by atoms with E-state index in [1.165, 1.54) is 12.1 Å². The van der Waals surface area contributed by atoms with Gasteiger partial charge >= 0.3 is 5.97 Å². The lowest BCUT2D eigenvalue weighted by molar-refractivity contribution is -0.285. The quantitative estimate of drug-likeness (QED) is 0.507. The molecule has 1 aliphatic heterocycles. The van der Waals surface area contributed by atoms with Crippen LogP contribution in [-0.4, -0.2) is 63.7 Å². The molecule has 20 heavy (non-hydrogen) atoms. The largest absolute Gasteiger partial charge is 0.450 e. The van der Waals surface area contributed by atoms with E-state index >= 15 is 0 Å². The van der Waals surface area contributed by atoms with Crippen molar-refractivity contribution in [3.63, 3.8) is 0 Å². The molecule has 4 N–H and O–H groups in total. The van der Waals surface area contributed by atoms with Gasteiger partial charge in [0.05, 0.1) is 12.2 Å². The molecule has 0 radical (unpaired) electrons. The number of carbonyl (C=O) groups is 1. The summed E-state index contributed by atoms with van der Waals surface area (Å²) >= 11 is 0. The highest BCUT2D eigenvalue weighted by molar-refractivity contribution is 5.89. The van der Waals surface area contributed by atoms with Crippen molar-refractivity contribution >= 4 is 5.97 Å². The monoisotopic (exact) mass is 284 g/mol. The molecule has 110 valence electrons. The van der Waals surface area contributed by atoms with E-state index in [4.69, 9.17) is 14.6 Å². The van der Waals surface area contributed by atoms with E-state index in [1.54, 1.807) is 18.2 Å². The number of ether oxygens (including phenoxy) is 2. The van der Waals surface area contributed by atoms with Gasteiger partial charge in [0.15, 0.2) is 12.4 Å². The number of rotatable bonds is 3. The van der Waals surface area contributed by atoms with Gasteiger partial charge in [0, 0.05) is 0 Å². The van der Waals surface area contributed by atoms with Crippen molar-refractivity contribution in [3.8, 4) is 0 Å². The Balaban J connectivity index is 2.07. The summed E-state index contributed by atoms with van der Waals surface area (Å²) in [6.07, 6.45) is -7.20. The van der Waals surface area contributed by atoms with E-state index < -0.39 is 43.3 Å². The highest BCUT2D eigenvalue weighted by Gasteiger charge is 2.45. The minimum atomic E-state index is -1.63. The van der Waals surface area contributed by atoms with Crippen molar-refractivity contribution in [2.24, 2.45) is 0 Å². The molecule has 5 atom stereocenters. The molecule has 0 aliphatic carbocycles. The van der Waals surface area contributed by atoms with E-state index in [2.05, 4.69) is 0 Å². The molecule has 1 fully saturated rings. The first-order chi connectivity index (χ1) is 9.54. The van der Waals surface area contributed by atoms with Crippen LogP contribution in [0.5, 0.6) is 0 Å². The Labute approximate surface area is 115 Å². The predicted molar refractivity (Wildman–Crippen MR) is 65.6 cm³/mol. The molecular weight excluding hydrogens is 268 g/mol. The number of benzene rings is 1. The van der Waals surface area contributed by atoms with Crippen molar-refractivity contribution in [2.45, 2.75) is 30.7 Å². The first-order valence-electron chi connectivity index (χ1n) is 6.11. The Morgan fingerprint density at radius 2 is 1.80 bits per heavy atom. The van der Waals surface area contributed by atoms with Gasteiger partial charge in [0.2, 0.25) is 0 Å². The maximum atomic E-state index is 11.8. The Kier molecular flexibility index (Phi) is 4.69. The third-order valence-electron chi connectivity index (χ3n) is 3.10. The Morgan fingerprint density at radius 1 is 1.15 bits per heavy atom.